The maximum Gasteiger partial charge on any atom is 0.0981 e. The van der Waals surface area contributed by atoms with E-state index in [1.54, 1.807) is 0 Å². The lowest BCUT2D eigenvalue weighted by molar-refractivity contribution is 0.296. The van der Waals surface area contributed by atoms with Crippen LogP contribution in [-0.2, 0) is 0 Å². The summed E-state index contributed by atoms with van der Waals surface area (Å²) in [5.41, 5.74) is 2.55. The van der Waals surface area contributed by atoms with Crippen molar-refractivity contribution in [2.45, 2.75) is 37.8 Å². The number of benzene rings is 2. The number of rotatable bonds is 4. The highest BCUT2D eigenvalue weighted by Gasteiger charge is 2.22. The van der Waals surface area contributed by atoms with Gasteiger partial charge in [-0.15, -0.1) is 0 Å². The molecule has 0 N–H and O–H groups in total. The van der Waals surface area contributed by atoms with Gasteiger partial charge in [0.15, 0.2) is 0 Å². The minimum atomic E-state index is 0.153. The molecular formula is C26H28N2. The van der Waals surface area contributed by atoms with E-state index in [0.29, 0.717) is 0 Å². The van der Waals surface area contributed by atoms with Crippen LogP contribution in [-0.4, -0.2) is 36.0 Å². The number of hydrogen-bond donors (Lipinski definition) is 0. The van der Waals surface area contributed by atoms with Gasteiger partial charge in [0.05, 0.1) is 12.1 Å². The second kappa shape index (κ2) is 9.61. The highest BCUT2D eigenvalue weighted by molar-refractivity contribution is 5.37. The molecule has 4 rings (SSSR count). The number of hydrogen-bond acceptors (Lipinski definition) is 2. The Hall–Kier alpha value is -2.52. The first kappa shape index (κ1) is 18.8. The number of nitrogens with zero attached hydrogens (tertiary/aromatic N) is 2. The largest absolute Gasteiger partial charge is 0.286 e. The molecule has 0 aromatic heterocycles. The van der Waals surface area contributed by atoms with E-state index in [-0.39, 0.29) is 12.1 Å². The third kappa shape index (κ3) is 4.66. The highest BCUT2D eigenvalue weighted by Crippen LogP contribution is 2.25. The van der Waals surface area contributed by atoms with E-state index in [9.17, 15) is 0 Å². The smallest absolute Gasteiger partial charge is 0.0981 e. The summed E-state index contributed by atoms with van der Waals surface area (Å²) in [7, 11) is 0. The Labute approximate surface area is 169 Å². The fourth-order valence-corrected chi connectivity index (χ4v) is 4.25. The summed E-state index contributed by atoms with van der Waals surface area (Å²) in [6.45, 7) is 4.51. The van der Waals surface area contributed by atoms with Gasteiger partial charge in [-0.3, -0.25) is 9.80 Å². The maximum absolute atomic E-state index is 3.46. The summed E-state index contributed by atoms with van der Waals surface area (Å²) in [5, 5.41) is 0. The molecule has 0 bridgehead atoms. The van der Waals surface area contributed by atoms with Crippen molar-refractivity contribution in [3.63, 3.8) is 0 Å². The number of likely N-dealkylation sites (tertiary alicyclic amines) is 2. The van der Waals surface area contributed by atoms with Crippen molar-refractivity contribution < 1.29 is 0 Å². The van der Waals surface area contributed by atoms with Crippen molar-refractivity contribution in [2.75, 3.05) is 26.2 Å². The molecule has 142 valence electrons. The predicted octanol–water partition coefficient (Wildman–Crippen LogP) is 4.67. The molecule has 2 nitrogen and oxygen atoms in total. The molecule has 2 atom stereocenters. The fraction of sp³-hybridized carbons (Fsp3) is 0.385. The maximum atomic E-state index is 3.46. The van der Waals surface area contributed by atoms with Gasteiger partial charge in [-0.1, -0.05) is 72.5 Å². The van der Waals surface area contributed by atoms with Crippen molar-refractivity contribution >= 4 is 0 Å². The van der Waals surface area contributed by atoms with Crippen LogP contribution in [0.25, 0.3) is 0 Å². The lowest BCUT2D eigenvalue weighted by atomic mass is 10.1. The van der Waals surface area contributed by atoms with E-state index in [1.165, 1.54) is 36.8 Å². The molecule has 2 aliphatic rings. The van der Waals surface area contributed by atoms with Crippen LogP contribution < -0.4 is 0 Å². The Morgan fingerprint density at radius 2 is 0.893 bits per heavy atom. The molecule has 0 spiro atoms. The first-order valence-electron chi connectivity index (χ1n) is 10.5. The Bertz CT molecular complexity index is 779. The molecule has 0 radical (unpaired) electrons. The first-order chi connectivity index (χ1) is 13.9. The molecular weight excluding hydrogens is 340 g/mol. The quantitative estimate of drug-likeness (QED) is 0.724. The molecule has 2 aromatic rings. The Kier molecular flexibility index (Phi) is 6.46. The van der Waals surface area contributed by atoms with Crippen molar-refractivity contribution in [1.82, 2.24) is 9.80 Å². The summed E-state index contributed by atoms with van der Waals surface area (Å²) >= 11 is 0. The Balaban J connectivity index is 1.56. The van der Waals surface area contributed by atoms with Crippen molar-refractivity contribution in [3.8, 4) is 23.7 Å². The zero-order chi connectivity index (χ0) is 19.0. The zero-order valence-corrected chi connectivity index (χ0v) is 16.5. The van der Waals surface area contributed by atoms with Gasteiger partial charge in [0.25, 0.3) is 0 Å². The van der Waals surface area contributed by atoms with E-state index >= 15 is 0 Å². The van der Waals surface area contributed by atoms with Gasteiger partial charge in [0.2, 0.25) is 0 Å². The topological polar surface area (TPSA) is 6.48 Å². The van der Waals surface area contributed by atoms with Crippen LogP contribution in [0.3, 0.4) is 0 Å². The standard InChI is InChI=1S/C26H28N2/c1-3-13-23(14-4-1)25(27-19-9-10-20-27)17-7-8-18-26(28-21-11-12-22-28)24-15-5-2-6-16-24/h1-6,13-16,25-26H,9-12,19-22H2. The van der Waals surface area contributed by atoms with Gasteiger partial charge >= 0.3 is 0 Å². The van der Waals surface area contributed by atoms with Crippen LogP contribution >= 0.6 is 0 Å². The van der Waals surface area contributed by atoms with Gasteiger partial charge in [-0.2, -0.15) is 0 Å². The van der Waals surface area contributed by atoms with E-state index in [0.717, 1.165) is 26.2 Å². The van der Waals surface area contributed by atoms with Gasteiger partial charge in [-0.05, 0) is 74.8 Å². The van der Waals surface area contributed by atoms with Crippen LogP contribution in [0.1, 0.15) is 48.9 Å². The van der Waals surface area contributed by atoms with Crippen LogP contribution in [0.15, 0.2) is 60.7 Å². The normalized spacial score (nSPS) is 19.3. The van der Waals surface area contributed by atoms with Crippen LogP contribution in [0.5, 0.6) is 0 Å². The molecule has 0 amide bonds. The van der Waals surface area contributed by atoms with E-state index < -0.39 is 0 Å². The zero-order valence-electron chi connectivity index (χ0n) is 16.5. The molecule has 2 aliphatic heterocycles. The predicted molar refractivity (Wildman–Crippen MR) is 116 cm³/mol. The van der Waals surface area contributed by atoms with Crippen molar-refractivity contribution in [1.29, 1.82) is 0 Å². The van der Waals surface area contributed by atoms with Gasteiger partial charge in [0, 0.05) is 0 Å². The molecule has 2 unspecified atom stereocenters. The summed E-state index contributed by atoms with van der Waals surface area (Å²) < 4.78 is 0. The Morgan fingerprint density at radius 3 is 1.25 bits per heavy atom. The van der Waals surface area contributed by atoms with E-state index in [1.807, 2.05) is 0 Å². The summed E-state index contributed by atoms with van der Waals surface area (Å²) in [6, 6.07) is 21.6. The summed E-state index contributed by atoms with van der Waals surface area (Å²) in [4.78, 5) is 4.97. The molecule has 0 saturated carbocycles. The average Bonchev–Trinajstić information content (AvgIpc) is 3.46. The minimum absolute atomic E-state index is 0.153. The SMILES string of the molecule is C(C#CC(c1ccccc1)N1CCCC1)#CC(c1ccccc1)N1CCCC1. The molecule has 2 saturated heterocycles. The molecule has 0 aliphatic carbocycles. The second-order valence-corrected chi connectivity index (χ2v) is 7.65. The lowest BCUT2D eigenvalue weighted by Crippen LogP contribution is -2.24. The third-order valence-corrected chi connectivity index (χ3v) is 5.72. The van der Waals surface area contributed by atoms with Crippen LogP contribution in [0.2, 0.25) is 0 Å². The monoisotopic (exact) mass is 368 g/mol. The van der Waals surface area contributed by atoms with Gasteiger partial charge in [-0.25, -0.2) is 0 Å². The molecule has 2 aromatic carbocycles. The average molecular weight is 369 g/mol. The van der Waals surface area contributed by atoms with Crippen LogP contribution in [0, 0.1) is 23.7 Å². The van der Waals surface area contributed by atoms with Gasteiger partial charge < -0.3 is 0 Å². The Morgan fingerprint density at radius 1 is 0.536 bits per heavy atom. The van der Waals surface area contributed by atoms with Gasteiger partial charge in [0.1, 0.15) is 0 Å². The van der Waals surface area contributed by atoms with Crippen molar-refractivity contribution in [3.05, 3.63) is 71.8 Å². The summed E-state index contributed by atoms with van der Waals surface area (Å²) in [6.07, 6.45) is 5.06. The minimum Gasteiger partial charge on any atom is -0.286 e. The molecule has 2 fully saturated rings. The van der Waals surface area contributed by atoms with E-state index in [2.05, 4.69) is 94.1 Å². The molecule has 28 heavy (non-hydrogen) atoms. The highest BCUT2D eigenvalue weighted by atomic mass is 15.2. The summed E-state index contributed by atoms with van der Waals surface area (Å²) in [5.74, 6) is 13.3. The second-order valence-electron chi connectivity index (χ2n) is 7.65. The lowest BCUT2D eigenvalue weighted by Gasteiger charge is -2.23. The van der Waals surface area contributed by atoms with E-state index in [4.69, 9.17) is 0 Å². The molecule has 2 heterocycles. The third-order valence-electron chi connectivity index (χ3n) is 5.72. The molecule has 2 heteroatoms. The van der Waals surface area contributed by atoms with Crippen LogP contribution in [0.4, 0.5) is 0 Å². The van der Waals surface area contributed by atoms with Crippen molar-refractivity contribution in [2.24, 2.45) is 0 Å². The fourth-order valence-electron chi connectivity index (χ4n) is 4.25. The first-order valence-corrected chi connectivity index (χ1v) is 10.5.